The zero-order chi connectivity index (χ0) is 24.0. The quantitative estimate of drug-likeness (QED) is 0.303. The van der Waals surface area contributed by atoms with Crippen LogP contribution in [0, 0.1) is 11.6 Å². The van der Waals surface area contributed by atoms with Crippen LogP contribution in [0.5, 0.6) is 0 Å². The van der Waals surface area contributed by atoms with Crippen LogP contribution in [0.15, 0.2) is 90.5 Å². The molecule has 3 aromatic rings. The zero-order valence-corrected chi connectivity index (χ0v) is 20.1. The number of hydrogen-bond acceptors (Lipinski definition) is 2. The van der Waals surface area contributed by atoms with Crippen LogP contribution >= 0.6 is 0 Å². The third kappa shape index (κ3) is 6.06. The van der Waals surface area contributed by atoms with Crippen LogP contribution in [0.3, 0.4) is 0 Å². The predicted octanol–water partition coefficient (Wildman–Crippen LogP) is 7.26. The Morgan fingerprint density at radius 3 is 1.94 bits per heavy atom. The van der Waals surface area contributed by atoms with Gasteiger partial charge in [0.15, 0.2) is 0 Å². The normalized spacial score (nSPS) is 21.2. The summed E-state index contributed by atoms with van der Waals surface area (Å²) in [6, 6.07) is 24.8. The lowest BCUT2D eigenvalue weighted by Gasteiger charge is -2.36. The first-order valence-corrected chi connectivity index (χ1v) is 12.8. The highest BCUT2D eigenvalue weighted by Gasteiger charge is 2.37. The average Bonchev–Trinajstić information content (AvgIpc) is 3.11. The molecular weight excluding hydrogens is 440 g/mol. The summed E-state index contributed by atoms with van der Waals surface area (Å²) >= 11 is 0. The van der Waals surface area contributed by atoms with Crippen LogP contribution in [0.2, 0.25) is 0 Å². The van der Waals surface area contributed by atoms with Gasteiger partial charge in [0.25, 0.3) is 0 Å². The number of hydrogen-bond donors (Lipinski definition) is 0. The number of nitrogens with zero attached hydrogens (tertiary/aromatic N) is 1. The predicted molar refractivity (Wildman–Crippen MR) is 136 cm³/mol. The fourth-order valence-electron chi connectivity index (χ4n) is 5.71. The van der Waals surface area contributed by atoms with E-state index in [2.05, 4.69) is 41.3 Å². The Hall–Kier alpha value is -2.82. The van der Waals surface area contributed by atoms with Crippen molar-refractivity contribution in [2.75, 3.05) is 13.2 Å². The van der Waals surface area contributed by atoms with Gasteiger partial charge in [-0.2, -0.15) is 0 Å². The summed E-state index contributed by atoms with van der Waals surface area (Å²) < 4.78 is 33.2. The molecule has 2 aliphatic rings. The standard InChI is InChI=1S/C31H33F2NO/c32-27-12-8-25(9-13-27)31(26-10-14-28(33)15-11-26)35-20-18-24-21-29-16-17-30(22-24)34(29)19-4-7-23-5-2-1-3-6-23/h1-3,5-6,8-15,18,29-31H,4,7,16-17,19-22H2/t29-,30+. The van der Waals surface area contributed by atoms with Crippen molar-refractivity contribution in [3.05, 3.63) is 119 Å². The molecule has 0 aliphatic carbocycles. The topological polar surface area (TPSA) is 12.5 Å². The van der Waals surface area contributed by atoms with Crippen LogP contribution in [-0.2, 0) is 11.2 Å². The molecule has 2 bridgehead atoms. The molecule has 182 valence electrons. The van der Waals surface area contributed by atoms with Crippen LogP contribution in [0.1, 0.15) is 54.9 Å². The second kappa shape index (κ2) is 11.3. The molecule has 0 saturated carbocycles. The molecule has 2 heterocycles. The minimum atomic E-state index is -0.358. The van der Waals surface area contributed by atoms with Crippen molar-refractivity contribution in [2.24, 2.45) is 0 Å². The second-order valence-electron chi connectivity index (χ2n) is 9.80. The second-order valence-corrected chi connectivity index (χ2v) is 9.80. The van der Waals surface area contributed by atoms with Crippen molar-refractivity contribution in [1.82, 2.24) is 4.90 Å². The highest BCUT2D eigenvalue weighted by Crippen LogP contribution is 2.38. The van der Waals surface area contributed by atoms with E-state index in [-0.39, 0.29) is 17.7 Å². The molecule has 2 fully saturated rings. The van der Waals surface area contributed by atoms with E-state index in [1.807, 2.05) is 0 Å². The van der Waals surface area contributed by atoms with Crippen LogP contribution in [-0.4, -0.2) is 30.1 Å². The zero-order valence-electron chi connectivity index (χ0n) is 20.1. The number of piperidine rings is 1. The number of rotatable bonds is 9. The molecule has 5 rings (SSSR count). The Balaban J connectivity index is 1.18. The molecule has 2 nitrogen and oxygen atoms in total. The van der Waals surface area contributed by atoms with Crippen LogP contribution < -0.4 is 0 Å². The number of halogens is 2. The summed E-state index contributed by atoms with van der Waals surface area (Å²) in [5.74, 6) is -0.556. The maximum Gasteiger partial charge on any atom is 0.123 e. The van der Waals surface area contributed by atoms with E-state index in [4.69, 9.17) is 4.74 Å². The summed E-state index contributed by atoms with van der Waals surface area (Å²) in [6.07, 6.45) is 9.02. The Labute approximate surface area is 207 Å². The minimum absolute atomic E-state index is 0.278. The molecule has 0 N–H and O–H groups in total. The Kier molecular flexibility index (Phi) is 7.70. The molecule has 0 unspecified atom stereocenters. The first-order valence-electron chi connectivity index (χ1n) is 12.8. The van der Waals surface area contributed by atoms with Crippen molar-refractivity contribution in [3.8, 4) is 0 Å². The molecule has 3 aromatic carbocycles. The molecule has 2 atom stereocenters. The van der Waals surface area contributed by atoms with E-state index >= 15 is 0 Å². The van der Waals surface area contributed by atoms with Gasteiger partial charge >= 0.3 is 0 Å². The maximum atomic E-state index is 13.5. The average molecular weight is 474 g/mol. The Morgan fingerprint density at radius 1 is 0.800 bits per heavy atom. The van der Waals surface area contributed by atoms with Gasteiger partial charge in [-0.15, -0.1) is 0 Å². The molecule has 4 heteroatoms. The molecule has 0 radical (unpaired) electrons. The van der Waals surface area contributed by atoms with E-state index in [1.54, 1.807) is 24.3 Å². The molecule has 2 aliphatic heterocycles. The highest BCUT2D eigenvalue weighted by atomic mass is 19.1. The number of aryl methyl sites for hydroxylation is 1. The largest absolute Gasteiger partial charge is 0.365 e. The van der Waals surface area contributed by atoms with Crippen LogP contribution in [0.4, 0.5) is 8.78 Å². The van der Waals surface area contributed by atoms with Gasteiger partial charge in [-0.3, -0.25) is 4.90 Å². The number of fused-ring (bicyclic) bond motifs is 2. The van der Waals surface area contributed by atoms with Crippen molar-refractivity contribution in [3.63, 3.8) is 0 Å². The summed E-state index contributed by atoms with van der Waals surface area (Å²) in [5.41, 5.74) is 4.63. The van der Waals surface area contributed by atoms with Crippen molar-refractivity contribution >= 4 is 0 Å². The van der Waals surface area contributed by atoms with Gasteiger partial charge in [0, 0.05) is 12.1 Å². The summed E-state index contributed by atoms with van der Waals surface area (Å²) in [5, 5.41) is 0. The fourth-order valence-corrected chi connectivity index (χ4v) is 5.71. The fraction of sp³-hybridized carbons (Fsp3) is 0.355. The lowest BCUT2D eigenvalue weighted by molar-refractivity contribution is 0.102. The van der Waals surface area contributed by atoms with E-state index in [0.717, 1.165) is 30.4 Å². The maximum absolute atomic E-state index is 13.5. The Bertz CT molecular complexity index is 1050. The third-order valence-electron chi connectivity index (χ3n) is 7.47. The third-order valence-corrected chi connectivity index (χ3v) is 7.47. The summed E-state index contributed by atoms with van der Waals surface area (Å²) in [4.78, 5) is 2.74. The van der Waals surface area contributed by atoms with Gasteiger partial charge in [0.05, 0.1) is 6.61 Å². The summed E-state index contributed by atoms with van der Waals surface area (Å²) in [6.45, 7) is 1.66. The molecule has 0 spiro atoms. The number of benzene rings is 3. The molecule has 35 heavy (non-hydrogen) atoms. The first kappa shape index (κ1) is 23.9. The van der Waals surface area contributed by atoms with Gasteiger partial charge < -0.3 is 4.74 Å². The first-order chi connectivity index (χ1) is 17.2. The molecule has 0 aromatic heterocycles. The van der Waals surface area contributed by atoms with Crippen molar-refractivity contribution in [2.45, 2.75) is 56.7 Å². The SMILES string of the molecule is Fc1ccc(C(OCC=C2C[C@H]3CC[C@@H](C2)N3CCCc2ccccc2)c2ccc(F)cc2)cc1. The van der Waals surface area contributed by atoms with Gasteiger partial charge in [0.1, 0.15) is 17.7 Å². The van der Waals surface area contributed by atoms with E-state index < -0.39 is 0 Å². The van der Waals surface area contributed by atoms with Crippen LogP contribution in [0.25, 0.3) is 0 Å². The lowest BCUT2D eigenvalue weighted by atomic mass is 9.96. The molecular formula is C31H33F2NO. The van der Waals surface area contributed by atoms with Gasteiger partial charge in [0.2, 0.25) is 0 Å². The Morgan fingerprint density at radius 2 is 1.37 bits per heavy atom. The lowest BCUT2D eigenvalue weighted by Crippen LogP contribution is -2.41. The van der Waals surface area contributed by atoms with Crippen molar-refractivity contribution < 1.29 is 13.5 Å². The monoisotopic (exact) mass is 473 g/mol. The van der Waals surface area contributed by atoms with E-state index in [0.29, 0.717) is 18.7 Å². The van der Waals surface area contributed by atoms with Gasteiger partial charge in [-0.1, -0.05) is 66.2 Å². The molecule has 2 saturated heterocycles. The summed E-state index contributed by atoms with van der Waals surface area (Å²) in [7, 11) is 0. The van der Waals surface area contributed by atoms with Gasteiger partial charge in [-0.05, 0) is 86.0 Å². The highest BCUT2D eigenvalue weighted by molar-refractivity contribution is 5.30. The number of ether oxygens (including phenoxy) is 1. The minimum Gasteiger partial charge on any atom is -0.365 e. The van der Waals surface area contributed by atoms with Crippen molar-refractivity contribution in [1.29, 1.82) is 0 Å². The van der Waals surface area contributed by atoms with E-state index in [1.165, 1.54) is 61.2 Å². The smallest absolute Gasteiger partial charge is 0.123 e. The van der Waals surface area contributed by atoms with Gasteiger partial charge in [-0.25, -0.2) is 8.78 Å². The van der Waals surface area contributed by atoms with E-state index in [9.17, 15) is 8.78 Å². The molecule has 0 amide bonds.